The minimum Gasteiger partial charge on any atom is -0.459 e. The van der Waals surface area contributed by atoms with Crippen molar-refractivity contribution >= 4 is 35.1 Å². The van der Waals surface area contributed by atoms with E-state index in [1.165, 1.54) is 12.3 Å². The lowest BCUT2D eigenvalue weighted by Gasteiger charge is -2.20. The number of halogens is 2. The van der Waals surface area contributed by atoms with Gasteiger partial charge in [-0.3, -0.25) is 4.79 Å². The van der Waals surface area contributed by atoms with E-state index in [1.807, 2.05) is 0 Å². The van der Waals surface area contributed by atoms with Crippen molar-refractivity contribution in [3.63, 3.8) is 0 Å². The van der Waals surface area contributed by atoms with Crippen molar-refractivity contribution in [2.45, 2.75) is 26.5 Å². The molecule has 0 saturated heterocycles. The molecule has 0 aliphatic rings. The maximum atomic E-state index is 12.3. The van der Waals surface area contributed by atoms with Gasteiger partial charge in [-0.05, 0) is 30.2 Å². The summed E-state index contributed by atoms with van der Waals surface area (Å²) in [6.45, 7) is 3.53. The van der Waals surface area contributed by atoms with Crippen molar-refractivity contribution < 1.29 is 18.7 Å². The Morgan fingerprint density at radius 2 is 1.83 bits per heavy atom. The number of ether oxygens (including phenoxy) is 1. The van der Waals surface area contributed by atoms with E-state index in [0.717, 1.165) is 0 Å². The number of rotatable bonds is 6. The zero-order valence-electron chi connectivity index (χ0n) is 13.2. The monoisotopic (exact) mass is 369 g/mol. The molecule has 1 aromatic carbocycles. The Balaban J connectivity index is 2.03. The lowest BCUT2D eigenvalue weighted by atomic mass is 10.0. The smallest absolute Gasteiger partial charge is 0.329 e. The number of carbonyl (C=O) groups is 2. The van der Waals surface area contributed by atoms with Crippen LogP contribution < -0.4 is 5.32 Å². The number of esters is 1. The standard InChI is InChI=1S/C17H17Cl2NO4/c1-10(2)15(20-16(21)14-7-4-8-23-14)17(22)24-9-11-12(18)5-3-6-13(11)19/h3-8,10,15H,9H2,1-2H3,(H,20,21)/t15-/m1/s1. The van der Waals surface area contributed by atoms with Gasteiger partial charge < -0.3 is 14.5 Å². The zero-order valence-corrected chi connectivity index (χ0v) is 14.7. The van der Waals surface area contributed by atoms with Crippen LogP contribution in [-0.4, -0.2) is 17.9 Å². The second-order valence-corrected chi connectivity index (χ2v) is 6.29. The Morgan fingerprint density at radius 3 is 2.38 bits per heavy atom. The van der Waals surface area contributed by atoms with Crippen LogP contribution in [0, 0.1) is 5.92 Å². The van der Waals surface area contributed by atoms with E-state index in [-0.39, 0.29) is 18.3 Å². The first-order valence-electron chi connectivity index (χ1n) is 7.34. The summed E-state index contributed by atoms with van der Waals surface area (Å²) in [4.78, 5) is 24.4. The van der Waals surface area contributed by atoms with Gasteiger partial charge in [0, 0.05) is 15.6 Å². The second-order valence-electron chi connectivity index (χ2n) is 5.48. The van der Waals surface area contributed by atoms with Gasteiger partial charge in [-0.15, -0.1) is 0 Å². The molecule has 0 radical (unpaired) electrons. The summed E-state index contributed by atoms with van der Waals surface area (Å²) >= 11 is 12.1. The first-order valence-corrected chi connectivity index (χ1v) is 8.09. The zero-order chi connectivity index (χ0) is 17.7. The molecular weight excluding hydrogens is 353 g/mol. The average Bonchev–Trinajstić information content (AvgIpc) is 3.05. The fraction of sp³-hybridized carbons (Fsp3) is 0.294. The third-order valence-electron chi connectivity index (χ3n) is 3.37. The first kappa shape index (κ1) is 18.4. The first-order chi connectivity index (χ1) is 11.4. The quantitative estimate of drug-likeness (QED) is 0.778. The van der Waals surface area contributed by atoms with Crippen molar-refractivity contribution in [3.05, 3.63) is 58.0 Å². The summed E-state index contributed by atoms with van der Waals surface area (Å²) in [5, 5.41) is 3.44. The van der Waals surface area contributed by atoms with Crippen LogP contribution in [0.5, 0.6) is 0 Å². The van der Waals surface area contributed by atoms with E-state index >= 15 is 0 Å². The summed E-state index contributed by atoms with van der Waals surface area (Å²) in [6.07, 6.45) is 1.39. The van der Waals surface area contributed by atoms with Crippen molar-refractivity contribution in [2.24, 2.45) is 5.92 Å². The van der Waals surface area contributed by atoms with E-state index in [4.69, 9.17) is 32.4 Å². The van der Waals surface area contributed by atoms with Crippen LogP contribution in [0.15, 0.2) is 41.0 Å². The number of furan rings is 1. The maximum Gasteiger partial charge on any atom is 0.329 e. The Kier molecular flexibility index (Phi) is 6.29. The fourth-order valence-corrected chi connectivity index (χ4v) is 2.53. The topological polar surface area (TPSA) is 68.5 Å². The molecule has 1 heterocycles. The number of hydrogen-bond donors (Lipinski definition) is 1. The molecule has 1 N–H and O–H groups in total. The SMILES string of the molecule is CC(C)[C@@H](NC(=O)c1ccco1)C(=O)OCc1c(Cl)cccc1Cl. The van der Waals surface area contributed by atoms with Crippen molar-refractivity contribution in [3.8, 4) is 0 Å². The largest absolute Gasteiger partial charge is 0.459 e. The maximum absolute atomic E-state index is 12.3. The number of nitrogens with one attached hydrogen (secondary N) is 1. The number of carbonyl (C=O) groups excluding carboxylic acids is 2. The highest BCUT2D eigenvalue weighted by Crippen LogP contribution is 2.25. The molecule has 7 heteroatoms. The summed E-state index contributed by atoms with van der Waals surface area (Å²) in [5.74, 6) is -1.09. The van der Waals surface area contributed by atoms with Crippen LogP contribution in [0.4, 0.5) is 0 Å². The highest BCUT2D eigenvalue weighted by Gasteiger charge is 2.27. The minimum atomic E-state index is -0.816. The molecule has 2 rings (SSSR count). The second kappa shape index (κ2) is 8.22. The van der Waals surface area contributed by atoms with E-state index < -0.39 is 17.9 Å². The molecule has 0 bridgehead atoms. The van der Waals surface area contributed by atoms with E-state index in [2.05, 4.69) is 5.32 Å². The number of amides is 1. The predicted octanol–water partition coefficient (Wildman–Crippen LogP) is 4.08. The molecule has 1 atom stereocenters. The summed E-state index contributed by atoms with van der Waals surface area (Å²) in [7, 11) is 0. The molecule has 2 aromatic rings. The van der Waals surface area contributed by atoms with Crippen LogP contribution in [0.2, 0.25) is 10.0 Å². The molecular formula is C17H17Cl2NO4. The van der Waals surface area contributed by atoms with Gasteiger partial charge in [0.25, 0.3) is 5.91 Å². The molecule has 0 fully saturated rings. The Bertz CT molecular complexity index is 693. The lowest BCUT2D eigenvalue weighted by molar-refractivity contribution is -0.148. The van der Waals surface area contributed by atoms with Gasteiger partial charge in [0.15, 0.2) is 5.76 Å². The molecule has 1 aromatic heterocycles. The molecule has 0 aliphatic heterocycles. The van der Waals surface area contributed by atoms with Gasteiger partial charge in [-0.25, -0.2) is 4.79 Å². The van der Waals surface area contributed by atoms with E-state index in [9.17, 15) is 9.59 Å². The summed E-state index contributed by atoms with van der Waals surface area (Å²) < 4.78 is 10.3. The normalized spacial score (nSPS) is 12.0. The van der Waals surface area contributed by atoms with Gasteiger partial charge in [-0.2, -0.15) is 0 Å². The molecule has 24 heavy (non-hydrogen) atoms. The van der Waals surface area contributed by atoms with Crippen molar-refractivity contribution in [1.29, 1.82) is 0 Å². The third-order valence-corrected chi connectivity index (χ3v) is 4.08. The molecule has 0 aliphatic carbocycles. The third kappa shape index (κ3) is 4.52. The lowest BCUT2D eigenvalue weighted by Crippen LogP contribution is -2.45. The Morgan fingerprint density at radius 1 is 1.17 bits per heavy atom. The molecule has 0 spiro atoms. The van der Waals surface area contributed by atoms with Crippen molar-refractivity contribution in [2.75, 3.05) is 0 Å². The predicted molar refractivity (Wildman–Crippen MR) is 91.1 cm³/mol. The average molecular weight is 370 g/mol. The Hall–Kier alpha value is -1.98. The van der Waals surface area contributed by atoms with Crippen LogP contribution in [-0.2, 0) is 16.1 Å². The van der Waals surface area contributed by atoms with Gasteiger partial charge in [0.2, 0.25) is 0 Å². The fourth-order valence-electron chi connectivity index (χ4n) is 2.02. The van der Waals surface area contributed by atoms with E-state index in [1.54, 1.807) is 38.1 Å². The summed E-state index contributed by atoms with van der Waals surface area (Å²) in [5.41, 5.74) is 0.522. The van der Waals surface area contributed by atoms with Crippen LogP contribution in [0.25, 0.3) is 0 Å². The van der Waals surface area contributed by atoms with Gasteiger partial charge in [0.05, 0.1) is 6.26 Å². The van der Waals surface area contributed by atoms with Gasteiger partial charge in [-0.1, -0.05) is 43.1 Å². The van der Waals surface area contributed by atoms with Gasteiger partial charge >= 0.3 is 5.97 Å². The molecule has 1 amide bonds. The molecule has 5 nitrogen and oxygen atoms in total. The van der Waals surface area contributed by atoms with Crippen LogP contribution >= 0.6 is 23.2 Å². The number of hydrogen-bond acceptors (Lipinski definition) is 4. The molecule has 128 valence electrons. The minimum absolute atomic E-state index is 0.0722. The van der Waals surface area contributed by atoms with Crippen molar-refractivity contribution in [1.82, 2.24) is 5.32 Å². The number of benzene rings is 1. The highest BCUT2D eigenvalue weighted by molar-refractivity contribution is 6.35. The Labute approximate surface area is 149 Å². The molecule has 0 unspecified atom stereocenters. The van der Waals surface area contributed by atoms with Crippen LogP contribution in [0.3, 0.4) is 0 Å². The highest BCUT2D eigenvalue weighted by atomic mass is 35.5. The molecule has 0 saturated carbocycles. The van der Waals surface area contributed by atoms with Crippen LogP contribution in [0.1, 0.15) is 30.0 Å². The van der Waals surface area contributed by atoms with E-state index in [0.29, 0.717) is 15.6 Å². The van der Waals surface area contributed by atoms with Gasteiger partial charge in [0.1, 0.15) is 12.6 Å². The summed E-state index contributed by atoms with van der Waals surface area (Å²) in [6, 6.07) is 7.32.